The largest absolute Gasteiger partial charge is 0.467 e. The summed E-state index contributed by atoms with van der Waals surface area (Å²) in [5.74, 6) is 1.42. The van der Waals surface area contributed by atoms with Gasteiger partial charge in [-0.05, 0) is 30.2 Å². The van der Waals surface area contributed by atoms with Gasteiger partial charge in [0.15, 0.2) is 5.96 Å². The van der Waals surface area contributed by atoms with Gasteiger partial charge in [0, 0.05) is 6.54 Å². The first-order valence-corrected chi connectivity index (χ1v) is 8.23. The molecule has 150 valence electrons. The number of hydrogen-bond donors (Lipinski definition) is 2. The number of rotatable bonds is 8. The van der Waals surface area contributed by atoms with Crippen LogP contribution in [-0.4, -0.2) is 25.3 Å². The number of guanidine groups is 1. The van der Waals surface area contributed by atoms with Crippen molar-refractivity contribution < 1.29 is 22.3 Å². The molecule has 1 heterocycles. The topological polar surface area (TPSA) is 58.8 Å². The molecule has 0 radical (unpaired) electrons. The van der Waals surface area contributed by atoms with Gasteiger partial charge in [0.1, 0.15) is 12.4 Å². The first-order valence-electron chi connectivity index (χ1n) is 8.23. The van der Waals surface area contributed by atoms with Crippen molar-refractivity contribution in [2.24, 2.45) is 4.99 Å². The number of alkyl halides is 3. The van der Waals surface area contributed by atoms with Crippen LogP contribution in [0.3, 0.4) is 0 Å². The molecule has 1 aromatic heterocycles. The second-order valence-electron chi connectivity index (χ2n) is 5.56. The van der Waals surface area contributed by atoms with Crippen molar-refractivity contribution in [3.8, 4) is 0 Å². The van der Waals surface area contributed by atoms with Gasteiger partial charge in [-0.25, -0.2) is 4.99 Å². The average molecular weight is 497 g/mol. The highest BCUT2D eigenvalue weighted by molar-refractivity contribution is 14.0. The Morgan fingerprint density at radius 2 is 1.93 bits per heavy atom. The zero-order chi connectivity index (χ0) is 18.8. The Labute approximate surface area is 173 Å². The summed E-state index contributed by atoms with van der Waals surface area (Å²) in [6.45, 7) is 2.22. The molecule has 1 aromatic carbocycles. The Hall–Kier alpha value is -1.75. The number of furan rings is 1. The molecule has 27 heavy (non-hydrogen) atoms. The molecular weight excluding hydrogens is 474 g/mol. The standard InChI is InChI=1S/C18H22F3N3O2.HI/c1-2-22-17(24-11-16-7-4-8-26-16)23-10-14-5-3-6-15(9-14)12-25-13-18(19,20)21;/h3-9H,2,10-13H2,1H3,(H2,22,23,24);1H. The minimum absolute atomic E-state index is 0. The van der Waals surface area contributed by atoms with Gasteiger partial charge in [-0.3, -0.25) is 0 Å². The Bertz CT molecular complexity index is 691. The number of nitrogens with one attached hydrogen (secondary N) is 2. The maximum Gasteiger partial charge on any atom is 0.411 e. The molecule has 0 aliphatic heterocycles. The Morgan fingerprint density at radius 3 is 2.59 bits per heavy atom. The van der Waals surface area contributed by atoms with Crippen LogP contribution in [0.2, 0.25) is 0 Å². The Morgan fingerprint density at radius 1 is 1.15 bits per heavy atom. The monoisotopic (exact) mass is 497 g/mol. The van der Waals surface area contributed by atoms with Gasteiger partial charge in [-0.15, -0.1) is 24.0 Å². The van der Waals surface area contributed by atoms with E-state index < -0.39 is 12.8 Å². The van der Waals surface area contributed by atoms with E-state index in [1.54, 1.807) is 24.5 Å². The second-order valence-corrected chi connectivity index (χ2v) is 5.56. The average Bonchev–Trinajstić information content (AvgIpc) is 3.10. The quantitative estimate of drug-likeness (QED) is 0.326. The fraction of sp³-hybridized carbons (Fsp3) is 0.389. The molecular formula is C18H23F3IN3O2. The number of ether oxygens (including phenoxy) is 1. The number of nitrogens with zero attached hydrogens (tertiary/aromatic N) is 1. The van der Waals surface area contributed by atoms with Crippen LogP contribution in [0.4, 0.5) is 13.2 Å². The van der Waals surface area contributed by atoms with Gasteiger partial charge in [0.05, 0.1) is 26.0 Å². The minimum atomic E-state index is -4.32. The maximum atomic E-state index is 12.1. The summed E-state index contributed by atoms with van der Waals surface area (Å²) < 4.78 is 46.3. The molecule has 0 fully saturated rings. The molecule has 9 heteroatoms. The van der Waals surface area contributed by atoms with Crippen molar-refractivity contribution in [2.75, 3.05) is 13.2 Å². The molecule has 2 aromatic rings. The predicted molar refractivity (Wildman–Crippen MR) is 108 cm³/mol. The van der Waals surface area contributed by atoms with E-state index in [1.807, 2.05) is 25.1 Å². The highest BCUT2D eigenvalue weighted by atomic mass is 127. The van der Waals surface area contributed by atoms with E-state index in [0.29, 0.717) is 31.2 Å². The zero-order valence-corrected chi connectivity index (χ0v) is 17.2. The molecule has 0 unspecified atom stereocenters. The Balaban J connectivity index is 0.00000364. The van der Waals surface area contributed by atoms with Gasteiger partial charge in [0.25, 0.3) is 0 Å². The van der Waals surface area contributed by atoms with E-state index >= 15 is 0 Å². The summed E-state index contributed by atoms with van der Waals surface area (Å²) in [6.07, 6.45) is -2.71. The fourth-order valence-corrected chi connectivity index (χ4v) is 2.20. The molecule has 5 nitrogen and oxygen atoms in total. The first-order chi connectivity index (χ1) is 12.5. The van der Waals surface area contributed by atoms with Crippen LogP contribution in [0.5, 0.6) is 0 Å². The molecule has 0 amide bonds. The molecule has 0 spiro atoms. The summed E-state index contributed by atoms with van der Waals surface area (Å²) in [6, 6.07) is 10.8. The zero-order valence-electron chi connectivity index (χ0n) is 14.9. The number of hydrogen-bond acceptors (Lipinski definition) is 3. The van der Waals surface area contributed by atoms with E-state index in [2.05, 4.69) is 20.4 Å². The lowest BCUT2D eigenvalue weighted by atomic mass is 10.1. The third kappa shape index (κ3) is 9.66. The van der Waals surface area contributed by atoms with Crippen molar-refractivity contribution in [3.63, 3.8) is 0 Å². The number of aliphatic imine (C=N–C) groups is 1. The van der Waals surface area contributed by atoms with Crippen LogP contribution in [-0.2, 0) is 24.4 Å². The molecule has 0 saturated heterocycles. The number of halogens is 4. The predicted octanol–water partition coefficient (Wildman–Crippen LogP) is 4.23. The van der Waals surface area contributed by atoms with Crippen LogP contribution < -0.4 is 10.6 Å². The highest BCUT2D eigenvalue weighted by Gasteiger charge is 2.27. The molecule has 0 aliphatic rings. The smallest absolute Gasteiger partial charge is 0.411 e. The van der Waals surface area contributed by atoms with Crippen LogP contribution in [0.15, 0.2) is 52.1 Å². The number of benzene rings is 1. The highest BCUT2D eigenvalue weighted by Crippen LogP contribution is 2.16. The summed E-state index contributed by atoms with van der Waals surface area (Å²) in [5, 5.41) is 6.28. The summed E-state index contributed by atoms with van der Waals surface area (Å²) in [4.78, 5) is 4.48. The van der Waals surface area contributed by atoms with E-state index in [1.165, 1.54) is 0 Å². The maximum absolute atomic E-state index is 12.1. The normalized spacial score (nSPS) is 11.8. The second kappa shape index (κ2) is 11.9. The lowest BCUT2D eigenvalue weighted by Gasteiger charge is -2.11. The third-order valence-electron chi connectivity index (χ3n) is 3.30. The minimum Gasteiger partial charge on any atom is -0.467 e. The van der Waals surface area contributed by atoms with Crippen LogP contribution in [0, 0.1) is 0 Å². The van der Waals surface area contributed by atoms with Crippen LogP contribution >= 0.6 is 24.0 Å². The van der Waals surface area contributed by atoms with Gasteiger partial charge in [0.2, 0.25) is 0 Å². The Kier molecular flexibility index (Phi) is 10.2. The van der Waals surface area contributed by atoms with Crippen molar-refractivity contribution in [2.45, 2.75) is 32.8 Å². The van der Waals surface area contributed by atoms with E-state index in [0.717, 1.165) is 11.3 Å². The van der Waals surface area contributed by atoms with Gasteiger partial charge in [-0.1, -0.05) is 24.3 Å². The van der Waals surface area contributed by atoms with E-state index in [4.69, 9.17) is 4.42 Å². The first kappa shape index (κ1) is 23.3. The summed E-state index contributed by atoms with van der Waals surface area (Å²) >= 11 is 0. The lowest BCUT2D eigenvalue weighted by molar-refractivity contribution is -0.176. The van der Waals surface area contributed by atoms with Crippen molar-refractivity contribution in [3.05, 3.63) is 59.5 Å². The molecule has 0 saturated carbocycles. The fourth-order valence-electron chi connectivity index (χ4n) is 2.20. The third-order valence-corrected chi connectivity index (χ3v) is 3.30. The molecule has 2 N–H and O–H groups in total. The van der Waals surface area contributed by atoms with Crippen LogP contribution in [0.1, 0.15) is 23.8 Å². The van der Waals surface area contributed by atoms with Gasteiger partial charge < -0.3 is 19.8 Å². The van der Waals surface area contributed by atoms with Crippen molar-refractivity contribution >= 4 is 29.9 Å². The van der Waals surface area contributed by atoms with Crippen molar-refractivity contribution in [1.82, 2.24) is 10.6 Å². The van der Waals surface area contributed by atoms with Gasteiger partial charge in [-0.2, -0.15) is 13.2 Å². The molecule has 0 bridgehead atoms. The van der Waals surface area contributed by atoms with E-state index in [-0.39, 0.29) is 30.6 Å². The summed E-state index contributed by atoms with van der Waals surface area (Å²) in [5.41, 5.74) is 1.56. The van der Waals surface area contributed by atoms with Crippen molar-refractivity contribution in [1.29, 1.82) is 0 Å². The molecule has 2 rings (SSSR count). The van der Waals surface area contributed by atoms with E-state index in [9.17, 15) is 13.2 Å². The van der Waals surface area contributed by atoms with Gasteiger partial charge >= 0.3 is 6.18 Å². The SMILES string of the molecule is CCNC(=NCc1cccc(COCC(F)(F)F)c1)NCc1ccco1.I. The summed E-state index contributed by atoms with van der Waals surface area (Å²) in [7, 11) is 0. The van der Waals surface area contributed by atoms with Crippen LogP contribution in [0.25, 0.3) is 0 Å². The molecule has 0 atom stereocenters. The molecule has 0 aliphatic carbocycles. The lowest BCUT2D eigenvalue weighted by Crippen LogP contribution is -2.36.